The van der Waals surface area contributed by atoms with Crippen LogP contribution in [0.1, 0.15) is 47.9 Å². The first kappa shape index (κ1) is 21.6. The van der Waals surface area contributed by atoms with E-state index in [0.717, 1.165) is 43.8 Å². The van der Waals surface area contributed by atoms with Gasteiger partial charge < -0.3 is 23.5 Å². The molecule has 1 aliphatic heterocycles. The Morgan fingerprint density at radius 2 is 2.15 bits per heavy atom. The van der Waals surface area contributed by atoms with Crippen molar-refractivity contribution in [3.8, 4) is 0 Å². The minimum absolute atomic E-state index is 0.0466. The van der Waals surface area contributed by atoms with Crippen LogP contribution < -0.4 is 0 Å². The summed E-state index contributed by atoms with van der Waals surface area (Å²) in [5, 5.41) is 0. The highest BCUT2D eigenvalue weighted by atomic mass is 16.6. The quantitative estimate of drug-likeness (QED) is 0.333. The lowest BCUT2D eigenvalue weighted by molar-refractivity contribution is -0.156. The first-order chi connectivity index (χ1) is 12.9. The van der Waals surface area contributed by atoms with Crippen LogP contribution >= 0.6 is 0 Å². The molecule has 2 heterocycles. The maximum atomic E-state index is 12.5. The fourth-order valence-corrected chi connectivity index (χ4v) is 3.22. The van der Waals surface area contributed by atoms with Crippen LogP contribution in [-0.4, -0.2) is 62.1 Å². The van der Waals surface area contributed by atoms with Crippen molar-refractivity contribution < 1.29 is 28.5 Å². The Morgan fingerprint density at radius 1 is 1.37 bits per heavy atom. The Bertz CT molecular complexity index is 633. The van der Waals surface area contributed by atoms with E-state index in [9.17, 15) is 9.59 Å². The van der Waals surface area contributed by atoms with Crippen LogP contribution in [0.2, 0.25) is 0 Å². The number of ether oxygens (including phenoxy) is 4. The number of carbonyl (C=O) groups excluding carboxylic acids is 2. The fraction of sp³-hybridized carbons (Fsp3) is 0.700. The van der Waals surface area contributed by atoms with Gasteiger partial charge >= 0.3 is 5.97 Å². The average molecular weight is 381 g/mol. The van der Waals surface area contributed by atoms with E-state index >= 15 is 0 Å². The number of aryl methyl sites for hydroxylation is 1. The molecule has 27 heavy (non-hydrogen) atoms. The number of esters is 1. The van der Waals surface area contributed by atoms with Gasteiger partial charge in [0.2, 0.25) is 5.78 Å². The van der Waals surface area contributed by atoms with Gasteiger partial charge in [0.1, 0.15) is 0 Å². The molecule has 0 amide bonds. The smallest absolute Gasteiger partial charge is 0.335 e. The van der Waals surface area contributed by atoms with Gasteiger partial charge in [-0.2, -0.15) is 0 Å². The van der Waals surface area contributed by atoms with Crippen LogP contribution in [-0.2, 0) is 30.3 Å². The summed E-state index contributed by atoms with van der Waals surface area (Å²) < 4.78 is 23.3. The Morgan fingerprint density at radius 3 is 2.81 bits per heavy atom. The van der Waals surface area contributed by atoms with Gasteiger partial charge in [-0.1, -0.05) is 0 Å². The highest BCUT2D eigenvalue weighted by Crippen LogP contribution is 2.17. The SMILES string of the molecule is COCCCn1c(C)cc(C(=O)COC(=O)C(C)OCC2CCCO2)c1C. The van der Waals surface area contributed by atoms with Crippen molar-refractivity contribution in [1.82, 2.24) is 4.57 Å². The summed E-state index contributed by atoms with van der Waals surface area (Å²) >= 11 is 0. The van der Waals surface area contributed by atoms with E-state index in [2.05, 4.69) is 4.57 Å². The minimum Gasteiger partial charge on any atom is -0.455 e. The van der Waals surface area contributed by atoms with Gasteiger partial charge in [0.25, 0.3) is 0 Å². The number of methoxy groups -OCH3 is 1. The lowest BCUT2D eigenvalue weighted by atomic mass is 10.1. The molecule has 0 bridgehead atoms. The predicted octanol–water partition coefficient (Wildman–Crippen LogP) is 2.45. The molecule has 7 nitrogen and oxygen atoms in total. The molecule has 0 N–H and O–H groups in total. The summed E-state index contributed by atoms with van der Waals surface area (Å²) in [5.41, 5.74) is 2.48. The minimum atomic E-state index is -0.719. The first-order valence-corrected chi connectivity index (χ1v) is 9.52. The largest absolute Gasteiger partial charge is 0.455 e. The van der Waals surface area contributed by atoms with Gasteiger partial charge in [0.05, 0.1) is 12.7 Å². The summed E-state index contributed by atoms with van der Waals surface area (Å²) in [5.74, 6) is -0.740. The molecule has 0 aliphatic carbocycles. The summed E-state index contributed by atoms with van der Waals surface area (Å²) in [4.78, 5) is 24.5. The molecule has 1 aromatic heterocycles. The van der Waals surface area contributed by atoms with E-state index < -0.39 is 12.1 Å². The number of Topliss-reactive ketones (excluding diaryl/α,β-unsaturated/α-hetero) is 1. The van der Waals surface area contributed by atoms with E-state index in [1.165, 1.54) is 0 Å². The summed E-state index contributed by atoms with van der Waals surface area (Å²) in [6.07, 6.45) is 2.16. The number of ketones is 1. The Hall–Kier alpha value is -1.70. The predicted molar refractivity (Wildman–Crippen MR) is 100 cm³/mol. The molecular weight excluding hydrogens is 350 g/mol. The van der Waals surface area contributed by atoms with Crippen molar-refractivity contribution in [2.24, 2.45) is 0 Å². The third kappa shape index (κ3) is 6.16. The van der Waals surface area contributed by atoms with Crippen molar-refractivity contribution in [1.29, 1.82) is 0 Å². The fourth-order valence-electron chi connectivity index (χ4n) is 3.22. The monoisotopic (exact) mass is 381 g/mol. The van der Waals surface area contributed by atoms with Crippen LogP contribution in [0.25, 0.3) is 0 Å². The average Bonchev–Trinajstić information content (AvgIpc) is 3.27. The second-order valence-corrected chi connectivity index (χ2v) is 6.92. The van der Waals surface area contributed by atoms with Crippen molar-refractivity contribution in [3.05, 3.63) is 23.0 Å². The van der Waals surface area contributed by atoms with Crippen LogP contribution in [0.5, 0.6) is 0 Å². The molecule has 1 aromatic rings. The van der Waals surface area contributed by atoms with E-state index in [0.29, 0.717) is 18.8 Å². The summed E-state index contributed by atoms with van der Waals surface area (Å²) in [6.45, 7) is 7.77. The maximum Gasteiger partial charge on any atom is 0.335 e. The van der Waals surface area contributed by atoms with E-state index in [1.807, 2.05) is 19.9 Å². The molecule has 0 saturated carbocycles. The molecule has 2 unspecified atom stereocenters. The number of aromatic nitrogens is 1. The maximum absolute atomic E-state index is 12.5. The molecule has 0 radical (unpaired) electrons. The zero-order chi connectivity index (χ0) is 19.8. The molecule has 152 valence electrons. The van der Waals surface area contributed by atoms with E-state index in [-0.39, 0.29) is 18.5 Å². The lowest BCUT2D eigenvalue weighted by Gasteiger charge is -2.15. The Balaban J connectivity index is 1.81. The van der Waals surface area contributed by atoms with Crippen LogP contribution in [0.15, 0.2) is 6.07 Å². The van der Waals surface area contributed by atoms with Crippen LogP contribution in [0.4, 0.5) is 0 Å². The number of hydrogen-bond acceptors (Lipinski definition) is 6. The zero-order valence-electron chi connectivity index (χ0n) is 16.8. The topological polar surface area (TPSA) is 76.0 Å². The van der Waals surface area contributed by atoms with E-state index in [4.69, 9.17) is 18.9 Å². The van der Waals surface area contributed by atoms with Crippen molar-refractivity contribution in [2.45, 2.75) is 58.8 Å². The third-order valence-corrected chi connectivity index (χ3v) is 4.84. The number of rotatable bonds is 11. The summed E-state index contributed by atoms with van der Waals surface area (Å²) in [7, 11) is 1.67. The lowest BCUT2D eigenvalue weighted by Crippen LogP contribution is -2.29. The van der Waals surface area contributed by atoms with Gasteiger partial charge in [-0.3, -0.25) is 4.79 Å². The molecule has 0 spiro atoms. The number of hydrogen-bond donors (Lipinski definition) is 0. The van der Waals surface area contributed by atoms with Crippen molar-refractivity contribution in [2.75, 3.05) is 33.5 Å². The third-order valence-electron chi connectivity index (χ3n) is 4.84. The molecule has 0 aromatic carbocycles. The second-order valence-electron chi connectivity index (χ2n) is 6.92. The van der Waals surface area contributed by atoms with Crippen LogP contribution in [0.3, 0.4) is 0 Å². The van der Waals surface area contributed by atoms with Gasteiger partial charge in [0.15, 0.2) is 12.7 Å². The number of nitrogens with zero attached hydrogens (tertiary/aromatic N) is 1. The van der Waals surface area contributed by atoms with Gasteiger partial charge in [-0.15, -0.1) is 0 Å². The summed E-state index contributed by atoms with van der Waals surface area (Å²) in [6, 6.07) is 1.84. The first-order valence-electron chi connectivity index (χ1n) is 9.52. The molecule has 1 saturated heterocycles. The molecule has 7 heteroatoms. The number of carbonyl (C=O) groups is 2. The molecule has 2 rings (SSSR count). The van der Waals surface area contributed by atoms with Crippen molar-refractivity contribution in [3.63, 3.8) is 0 Å². The van der Waals surface area contributed by atoms with Crippen LogP contribution in [0, 0.1) is 13.8 Å². The second kappa shape index (κ2) is 10.6. The van der Waals surface area contributed by atoms with Gasteiger partial charge in [-0.25, -0.2) is 4.79 Å². The standard InChI is InChI=1S/C20H31NO6/c1-14-11-18(15(2)21(14)8-6-9-24-4)19(22)13-27-20(23)16(3)26-12-17-7-5-10-25-17/h11,16-17H,5-10,12-13H2,1-4H3. The van der Waals surface area contributed by atoms with Gasteiger partial charge in [-0.05, 0) is 46.1 Å². The highest BCUT2D eigenvalue weighted by Gasteiger charge is 2.22. The van der Waals surface area contributed by atoms with Crippen molar-refractivity contribution >= 4 is 11.8 Å². The van der Waals surface area contributed by atoms with Gasteiger partial charge in [0, 0.05) is 43.8 Å². The molecule has 2 atom stereocenters. The Labute approximate surface area is 160 Å². The van der Waals surface area contributed by atoms with E-state index in [1.54, 1.807) is 14.0 Å². The molecule has 1 fully saturated rings. The normalized spacial score (nSPS) is 17.9. The molecular formula is C20H31NO6. The zero-order valence-corrected chi connectivity index (χ0v) is 16.8. The highest BCUT2D eigenvalue weighted by molar-refractivity contribution is 5.99. The Kier molecular flexibility index (Phi) is 8.47. The molecule has 1 aliphatic rings.